The highest BCUT2D eigenvalue weighted by molar-refractivity contribution is 5.38. The second-order valence-corrected chi connectivity index (χ2v) is 10.8. The lowest BCUT2D eigenvalue weighted by molar-refractivity contribution is -0.0273. The van der Waals surface area contributed by atoms with Crippen molar-refractivity contribution in [3.63, 3.8) is 0 Å². The first-order chi connectivity index (χ1) is 18.0. The van der Waals surface area contributed by atoms with Crippen LogP contribution in [0.4, 0.5) is 0 Å². The monoisotopic (exact) mass is 499 g/mol. The summed E-state index contributed by atoms with van der Waals surface area (Å²) in [6, 6.07) is 24.9. The molecule has 0 atom stereocenters. The van der Waals surface area contributed by atoms with E-state index in [1.165, 1.54) is 11.1 Å². The van der Waals surface area contributed by atoms with Gasteiger partial charge in [-0.25, -0.2) is 0 Å². The van der Waals surface area contributed by atoms with Gasteiger partial charge in [0.05, 0.1) is 12.7 Å². The highest BCUT2D eigenvalue weighted by atomic mass is 16.5. The van der Waals surface area contributed by atoms with Gasteiger partial charge in [-0.1, -0.05) is 81.4 Å². The Bertz CT molecular complexity index is 1220. The van der Waals surface area contributed by atoms with Crippen molar-refractivity contribution < 1.29 is 9.47 Å². The van der Waals surface area contributed by atoms with Gasteiger partial charge in [-0.15, -0.1) is 15.3 Å². The number of rotatable bonds is 9. The van der Waals surface area contributed by atoms with Crippen molar-refractivity contribution in [3.05, 3.63) is 89.7 Å². The standard InChI is InChI=1S/C30H37N5O2/c1-30(2,3)29-32-31-26-15-16-27(33-35(26)29)36-22-10-19-34-20-17-25(18-21-34)37-28(23-11-6-4-7-12-23)24-13-8-5-9-14-24/h4-9,11-16,25,28H,10,17-22H2,1-3H3. The number of piperidine rings is 1. The summed E-state index contributed by atoms with van der Waals surface area (Å²) in [5.74, 6) is 1.44. The third kappa shape index (κ3) is 6.35. The SMILES string of the molecule is CC(C)(C)c1nnc2ccc(OCCCN3CCC(OC(c4ccccc4)c4ccccc4)CC3)nn12. The average molecular weight is 500 g/mol. The van der Waals surface area contributed by atoms with Crippen molar-refractivity contribution >= 4 is 5.65 Å². The number of fused-ring (bicyclic) bond motifs is 1. The number of nitrogens with zero attached hydrogens (tertiary/aromatic N) is 5. The van der Waals surface area contributed by atoms with Crippen LogP contribution in [0.2, 0.25) is 0 Å². The van der Waals surface area contributed by atoms with Gasteiger partial charge in [0, 0.05) is 31.1 Å². The lowest BCUT2D eigenvalue weighted by Gasteiger charge is -2.34. The maximum absolute atomic E-state index is 6.69. The molecule has 0 bridgehead atoms. The molecule has 0 saturated carbocycles. The fourth-order valence-corrected chi connectivity index (χ4v) is 4.85. The molecule has 1 fully saturated rings. The van der Waals surface area contributed by atoms with Crippen LogP contribution in [-0.2, 0) is 10.2 Å². The first-order valence-electron chi connectivity index (χ1n) is 13.3. The van der Waals surface area contributed by atoms with Gasteiger partial charge in [-0.3, -0.25) is 0 Å². The van der Waals surface area contributed by atoms with Gasteiger partial charge in [0.2, 0.25) is 5.88 Å². The normalized spacial score (nSPS) is 15.5. The number of hydrogen-bond acceptors (Lipinski definition) is 6. The Morgan fingerprint density at radius 1 is 0.865 bits per heavy atom. The molecular formula is C30H37N5O2. The Labute approximate surface area is 219 Å². The van der Waals surface area contributed by atoms with E-state index in [1.54, 1.807) is 4.52 Å². The second-order valence-electron chi connectivity index (χ2n) is 10.8. The minimum absolute atomic E-state index is 0.0262. The molecule has 1 aliphatic rings. The molecule has 0 aliphatic carbocycles. The minimum atomic E-state index is -0.136. The number of benzene rings is 2. The number of ether oxygens (including phenoxy) is 2. The van der Waals surface area contributed by atoms with Crippen molar-refractivity contribution in [2.24, 2.45) is 0 Å². The Hall–Kier alpha value is -3.29. The molecule has 0 unspecified atom stereocenters. The van der Waals surface area contributed by atoms with E-state index in [1.807, 2.05) is 12.1 Å². The smallest absolute Gasteiger partial charge is 0.231 e. The molecule has 1 aliphatic heterocycles. The highest BCUT2D eigenvalue weighted by Gasteiger charge is 2.25. The van der Waals surface area contributed by atoms with Crippen molar-refractivity contribution in [1.82, 2.24) is 24.7 Å². The lowest BCUT2D eigenvalue weighted by atomic mass is 9.96. The van der Waals surface area contributed by atoms with E-state index in [0.717, 1.165) is 50.4 Å². The molecule has 0 N–H and O–H groups in total. The minimum Gasteiger partial charge on any atom is -0.477 e. The maximum Gasteiger partial charge on any atom is 0.231 e. The van der Waals surface area contributed by atoms with Gasteiger partial charge in [-0.05, 0) is 36.5 Å². The van der Waals surface area contributed by atoms with Crippen LogP contribution < -0.4 is 4.74 Å². The Morgan fingerprint density at radius 2 is 1.51 bits per heavy atom. The van der Waals surface area contributed by atoms with Crippen molar-refractivity contribution in [2.75, 3.05) is 26.2 Å². The zero-order valence-corrected chi connectivity index (χ0v) is 22.1. The van der Waals surface area contributed by atoms with Crippen molar-refractivity contribution in [1.29, 1.82) is 0 Å². The summed E-state index contributed by atoms with van der Waals surface area (Å²) in [4.78, 5) is 2.51. The van der Waals surface area contributed by atoms with E-state index in [4.69, 9.17) is 9.47 Å². The molecule has 7 nitrogen and oxygen atoms in total. The highest BCUT2D eigenvalue weighted by Crippen LogP contribution is 2.30. The predicted molar refractivity (Wildman–Crippen MR) is 145 cm³/mol. The van der Waals surface area contributed by atoms with E-state index in [2.05, 4.69) is 102 Å². The fraction of sp³-hybridized carbons (Fsp3) is 0.433. The van der Waals surface area contributed by atoms with E-state index in [9.17, 15) is 0 Å². The molecule has 0 spiro atoms. The van der Waals surface area contributed by atoms with Gasteiger partial charge in [0.1, 0.15) is 6.10 Å². The summed E-state index contributed by atoms with van der Waals surface area (Å²) < 4.78 is 14.5. The fourth-order valence-electron chi connectivity index (χ4n) is 4.85. The van der Waals surface area contributed by atoms with E-state index in [-0.39, 0.29) is 17.6 Å². The van der Waals surface area contributed by atoms with Crippen LogP contribution in [0.25, 0.3) is 5.65 Å². The summed E-state index contributed by atoms with van der Waals surface area (Å²) in [7, 11) is 0. The number of aromatic nitrogens is 4. The van der Waals surface area contributed by atoms with Gasteiger partial charge in [0.15, 0.2) is 11.5 Å². The molecule has 2 aromatic carbocycles. The summed E-state index contributed by atoms with van der Waals surface area (Å²) in [6.07, 6.45) is 3.27. The molecule has 3 heterocycles. The molecule has 7 heteroatoms. The third-order valence-corrected chi connectivity index (χ3v) is 6.85. The first-order valence-corrected chi connectivity index (χ1v) is 13.3. The molecule has 2 aromatic heterocycles. The third-order valence-electron chi connectivity index (χ3n) is 6.85. The van der Waals surface area contributed by atoms with Crippen LogP contribution in [0.15, 0.2) is 72.8 Å². The van der Waals surface area contributed by atoms with Crippen LogP contribution in [-0.4, -0.2) is 57.1 Å². The van der Waals surface area contributed by atoms with Crippen molar-refractivity contribution in [2.45, 2.75) is 57.7 Å². The first kappa shape index (κ1) is 25.4. The number of likely N-dealkylation sites (tertiary alicyclic amines) is 1. The van der Waals surface area contributed by atoms with E-state index >= 15 is 0 Å². The molecule has 0 radical (unpaired) electrons. The summed E-state index contributed by atoms with van der Waals surface area (Å²) in [5, 5.41) is 13.1. The molecule has 0 amide bonds. The molecule has 4 aromatic rings. The summed E-state index contributed by atoms with van der Waals surface area (Å²) in [6.45, 7) is 10.0. The maximum atomic E-state index is 6.69. The summed E-state index contributed by atoms with van der Waals surface area (Å²) in [5.41, 5.74) is 3.02. The van der Waals surface area contributed by atoms with E-state index < -0.39 is 0 Å². The Balaban J connectivity index is 1.09. The molecule has 1 saturated heterocycles. The van der Waals surface area contributed by atoms with Gasteiger partial charge < -0.3 is 14.4 Å². The zero-order valence-electron chi connectivity index (χ0n) is 22.1. The largest absolute Gasteiger partial charge is 0.477 e. The molecule has 194 valence electrons. The van der Waals surface area contributed by atoms with Gasteiger partial charge >= 0.3 is 0 Å². The summed E-state index contributed by atoms with van der Waals surface area (Å²) >= 11 is 0. The Kier molecular flexibility index (Phi) is 7.82. The molecular weight excluding hydrogens is 462 g/mol. The number of hydrogen-bond donors (Lipinski definition) is 0. The van der Waals surface area contributed by atoms with Gasteiger partial charge in [0.25, 0.3) is 0 Å². The van der Waals surface area contributed by atoms with Crippen LogP contribution in [0.5, 0.6) is 5.88 Å². The Morgan fingerprint density at radius 3 is 2.14 bits per heavy atom. The van der Waals surface area contributed by atoms with Gasteiger partial charge in [-0.2, -0.15) is 4.52 Å². The van der Waals surface area contributed by atoms with Crippen LogP contribution in [0.1, 0.15) is 63.1 Å². The predicted octanol–water partition coefficient (Wildman–Crippen LogP) is 5.46. The van der Waals surface area contributed by atoms with Crippen molar-refractivity contribution in [3.8, 4) is 5.88 Å². The zero-order chi connectivity index (χ0) is 25.7. The van der Waals surface area contributed by atoms with E-state index in [0.29, 0.717) is 12.5 Å². The molecule has 5 rings (SSSR count). The average Bonchev–Trinajstić information content (AvgIpc) is 3.36. The quantitative estimate of drug-likeness (QED) is 0.285. The second kappa shape index (κ2) is 11.4. The molecule has 37 heavy (non-hydrogen) atoms. The topological polar surface area (TPSA) is 64.8 Å². The van der Waals surface area contributed by atoms with Crippen LogP contribution in [0, 0.1) is 0 Å². The lowest BCUT2D eigenvalue weighted by Crippen LogP contribution is -2.38. The van der Waals surface area contributed by atoms with Crippen LogP contribution in [0.3, 0.4) is 0 Å². The van der Waals surface area contributed by atoms with Crippen LogP contribution >= 0.6 is 0 Å².